The van der Waals surface area contributed by atoms with Crippen molar-refractivity contribution in [2.45, 2.75) is 135 Å². The second-order valence-corrected chi connectivity index (χ2v) is 20.4. The molecule has 4 aromatic carbocycles. The Morgan fingerprint density at radius 2 is 1.46 bits per heavy atom. The van der Waals surface area contributed by atoms with Crippen LogP contribution < -0.4 is 25.8 Å². The largest absolute Gasteiger partial charge is 0.487 e. The van der Waals surface area contributed by atoms with Gasteiger partial charge in [-0.2, -0.15) is 0 Å². The number of carbonyl (C=O) groups excluding carboxylic acids is 4. The third-order valence-electron chi connectivity index (χ3n) is 11.9. The van der Waals surface area contributed by atoms with Crippen LogP contribution in [0.4, 0.5) is 9.59 Å². The predicted octanol–water partition coefficient (Wildman–Crippen LogP) is 7.56. The van der Waals surface area contributed by atoms with Crippen LogP contribution in [-0.4, -0.2) is 81.0 Å². The van der Waals surface area contributed by atoms with Crippen molar-refractivity contribution < 1.29 is 51.3 Å². The number of nitrogens with one attached hydrogen (secondary N) is 3. The molecular formula is C51H63N5O11S. The van der Waals surface area contributed by atoms with E-state index in [1.54, 1.807) is 58.9 Å². The number of benzene rings is 4. The molecule has 364 valence electrons. The van der Waals surface area contributed by atoms with E-state index >= 15 is 0 Å². The summed E-state index contributed by atoms with van der Waals surface area (Å²) < 4.78 is 58.8. The van der Waals surface area contributed by atoms with Gasteiger partial charge in [0.1, 0.15) is 42.3 Å². The zero-order valence-electron chi connectivity index (χ0n) is 40.2. The molecule has 3 atom stereocenters. The van der Waals surface area contributed by atoms with Gasteiger partial charge in [-0.15, -0.1) is 0 Å². The molecule has 0 bridgehead atoms. The molecule has 0 spiro atoms. The third kappa shape index (κ3) is 12.5. The van der Waals surface area contributed by atoms with Gasteiger partial charge >= 0.3 is 24.1 Å². The van der Waals surface area contributed by atoms with Crippen molar-refractivity contribution in [1.82, 2.24) is 15.4 Å². The number of aliphatic imine (C=N–C) groups is 1. The second-order valence-electron chi connectivity index (χ2n) is 18.8. The monoisotopic (exact) mass is 953 g/mol. The molecule has 5 N–H and O–H groups in total. The lowest BCUT2D eigenvalue weighted by Crippen LogP contribution is -2.52. The summed E-state index contributed by atoms with van der Waals surface area (Å²) in [6, 6.07) is 21.7. The van der Waals surface area contributed by atoms with Crippen molar-refractivity contribution in [3.05, 3.63) is 118 Å². The standard InChI is InChI=1S/C51H63N5O11S/c1-30-31(2)44(32(3)35-25-26-51(8,9)66-43(30)35)68(61,62)56-47(52)53-27-17-24-41(54-48(59)64-29-40-38-22-15-13-20-36(38)37-21-14-16-23-39(37)40)45(57)65-33(4)42(55-49(60)67-50(5,6)7)46(58)63-28-34-18-11-10-12-19-34/h10-16,18-23,33,40-42H,17,24-29H2,1-9H3,(H,54,59)(H,55,60)(H3,52,53,56)/t33-,41-,42+/m1/s1. The molecule has 4 aromatic rings. The van der Waals surface area contributed by atoms with Crippen LogP contribution in [0.15, 0.2) is 88.8 Å². The highest BCUT2D eigenvalue weighted by molar-refractivity contribution is 7.90. The number of nitrogens with two attached hydrogens (primary N) is 1. The summed E-state index contributed by atoms with van der Waals surface area (Å²) in [4.78, 5) is 58.4. The summed E-state index contributed by atoms with van der Waals surface area (Å²) in [6.45, 7) is 15.4. The lowest BCUT2D eigenvalue weighted by atomic mass is 9.88. The van der Waals surface area contributed by atoms with Crippen molar-refractivity contribution in [2.75, 3.05) is 13.2 Å². The van der Waals surface area contributed by atoms with Crippen LogP contribution in [-0.2, 0) is 51.6 Å². The van der Waals surface area contributed by atoms with E-state index in [0.717, 1.165) is 33.4 Å². The van der Waals surface area contributed by atoms with Crippen molar-refractivity contribution in [2.24, 2.45) is 10.7 Å². The summed E-state index contributed by atoms with van der Waals surface area (Å²) in [5.41, 5.74) is 12.3. The van der Waals surface area contributed by atoms with E-state index in [1.165, 1.54) is 6.92 Å². The minimum Gasteiger partial charge on any atom is -0.487 e. The fourth-order valence-corrected chi connectivity index (χ4v) is 9.98. The molecule has 16 nitrogen and oxygen atoms in total. The quantitative estimate of drug-likeness (QED) is 0.0281. The van der Waals surface area contributed by atoms with E-state index in [4.69, 9.17) is 29.4 Å². The number of hydrogen-bond donors (Lipinski definition) is 4. The van der Waals surface area contributed by atoms with Gasteiger partial charge in [0.15, 0.2) is 6.04 Å². The third-order valence-corrected chi connectivity index (χ3v) is 13.6. The Balaban J connectivity index is 1.17. The molecule has 0 fully saturated rings. The summed E-state index contributed by atoms with van der Waals surface area (Å²) in [5.74, 6) is -1.81. The van der Waals surface area contributed by atoms with Crippen LogP contribution >= 0.6 is 0 Å². The van der Waals surface area contributed by atoms with Gasteiger partial charge in [0.05, 0.1) is 4.90 Å². The molecule has 0 saturated carbocycles. The highest BCUT2D eigenvalue weighted by atomic mass is 32.2. The molecule has 0 aromatic heterocycles. The number of alkyl carbamates (subject to hydrolysis) is 2. The van der Waals surface area contributed by atoms with Gasteiger partial charge < -0.3 is 40.1 Å². The molecule has 2 amide bonds. The molecule has 6 rings (SSSR count). The summed E-state index contributed by atoms with van der Waals surface area (Å²) in [5, 5.41) is 5.08. The van der Waals surface area contributed by atoms with Crippen LogP contribution in [0.25, 0.3) is 11.1 Å². The Kier molecular flexibility index (Phi) is 15.8. The van der Waals surface area contributed by atoms with E-state index in [0.29, 0.717) is 35.3 Å². The minimum absolute atomic E-state index is 0.0398. The Morgan fingerprint density at radius 1 is 0.838 bits per heavy atom. The highest BCUT2D eigenvalue weighted by Crippen LogP contribution is 2.45. The summed E-state index contributed by atoms with van der Waals surface area (Å²) in [6.07, 6.45) is -1.82. The van der Waals surface area contributed by atoms with E-state index in [2.05, 4.69) is 20.3 Å². The SMILES string of the molecule is Cc1c(C)c(S(=O)(=O)NC(N)=NCCC[C@@H](NC(=O)OCC2c3ccccc3-c3ccccc32)C(=O)O[C@H](C)[C@H](NC(=O)OC(C)(C)C)C(=O)OCc2ccccc2)c(C)c2c1OC(C)(C)CC2. The average molecular weight is 954 g/mol. The number of ether oxygens (including phenoxy) is 5. The first-order valence-electron chi connectivity index (χ1n) is 22.7. The Bertz CT molecular complexity index is 2620. The molecule has 68 heavy (non-hydrogen) atoms. The maximum Gasteiger partial charge on any atom is 0.408 e. The Hall–Kier alpha value is -6.62. The number of guanidine groups is 1. The van der Waals surface area contributed by atoms with Gasteiger partial charge in [-0.05, 0) is 138 Å². The van der Waals surface area contributed by atoms with Crippen LogP contribution in [0.1, 0.15) is 106 Å². The lowest BCUT2D eigenvalue weighted by molar-refractivity contribution is -0.159. The Morgan fingerprint density at radius 3 is 2.09 bits per heavy atom. The topological polar surface area (TPSA) is 223 Å². The summed E-state index contributed by atoms with van der Waals surface area (Å²) >= 11 is 0. The fraction of sp³-hybridized carbons (Fsp3) is 0.431. The van der Waals surface area contributed by atoms with Crippen LogP contribution in [0.3, 0.4) is 0 Å². The molecule has 1 heterocycles. The number of amides is 2. The van der Waals surface area contributed by atoms with E-state index in [1.807, 2.05) is 75.4 Å². The molecule has 1 aliphatic heterocycles. The molecule has 0 saturated heterocycles. The fourth-order valence-electron chi connectivity index (χ4n) is 8.45. The summed E-state index contributed by atoms with van der Waals surface area (Å²) in [7, 11) is -4.19. The number of hydrogen-bond acceptors (Lipinski definition) is 12. The van der Waals surface area contributed by atoms with Crippen molar-refractivity contribution in [3.63, 3.8) is 0 Å². The van der Waals surface area contributed by atoms with Gasteiger partial charge in [0.25, 0.3) is 10.0 Å². The van der Waals surface area contributed by atoms with Crippen LogP contribution in [0.5, 0.6) is 5.75 Å². The van der Waals surface area contributed by atoms with Gasteiger partial charge in [-0.1, -0.05) is 78.9 Å². The van der Waals surface area contributed by atoms with Gasteiger partial charge in [-0.3, -0.25) is 4.99 Å². The maximum atomic E-state index is 14.0. The van der Waals surface area contributed by atoms with Crippen LogP contribution in [0.2, 0.25) is 0 Å². The van der Waals surface area contributed by atoms with Crippen molar-refractivity contribution in [1.29, 1.82) is 0 Å². The molecule has 0 radical (unpaired) electrons. The number of nitrogens with zero attached hydrogens (tertiary/aromatic N) is 1. The first kappa shape index (κ1) is 50.8. The highest BCUT2D eigenvalue weighted by Gasteiger charge is 2.37. The lowest BCUT2D eigenvalue weighted by Gasteiger charge is -2.35. The van der Waals surface area contributed by atoms with Gasteiger partial charge in [-0.25, -0.2) is 32.3 Å². The molecule has 17 heteroatoms. The van der Waals surface area contributed by atoms with Crippen molar-refractivity contribution in [3.8, 4) is 16.9 Å². The van der Waals surface area contributed by atoms with E-state index in [-0.39, 0.29) is 55.0 Å². The number of sulfonamides is 1. The maximum absolute atomic E-state index is 14.0. The van der Waals surface area contributed by atoms with Crippen molar-refractivity contribution >= 4 is 40.1 Å². The molecule has 2 aliphatic rings. The number of esters is 2. The first-order chi connectivity index (χ1) is 32.0. The molecule has 1 aliphatic carbocycles. The molecule has 0 unspecified atom stereocenters. The number of carbonyl (C=O) groups is 4. The first-order valence-corrected chi connectivity index (χ1v) is 24.2. The number of fused-ring (bicyclic) bond motifs is 4. The zero-order valence-corrected chi connectivity index (χ0v) is 41.0. The van der Waals surface area contributed by atoms with Crippen LogP contribution in [0, 0.1) is 20.8 Å². The second kappa shape index (κ2) is 21.1. The van der Waals surface area contributed by atoms with E-state index in [9.17, 15) is 27.6 Å². The smallest absolute Gasteiger partial charge is 0.408 e. The Labute approximate surface area is 398 Å². The number of rotatable bonds is 16. The normalized spacial score (nSPS) is 15.5. The molecular weight excluding hydrogens is 891 g/mol. The van der Waals surface area contributed by atoms with Gasteiger partial charge in [0.2, 0.25) is 5.96 Å². The van der Waals surface area contributed by atoms with E-state index < -0.39 is 57.9 Å². The minimum atomic E-state index is -4.19. The van der Waals surface area contributed by atoms with Gasteiger partial charge in [0, 0.05) is 12.5 Å². The predicted molar refractivity (Wildman–Crippen MR) is 257 cm³/mol. The average Bonchev–Trinajstić information content (AvgIpc) is 3.59. The zero-order chi connectivity index (χ0) is 49.6.